The standard InChI is InChI=1S/C21H24N6O2P2/c22-12-3-1-10(2-4-12)21(11-5-6-27-9-11)8-14(28)19(20(29)31-21)30-15-7-13(23)16(24)18(26)17(15)25/h1-7,9,19,27,30-31H,8,22-26H2. The number of carbonyl (C=O) groups is 2. The zero-order chi connectivity index (χ0) is 22.3. The van der Waals surface area contributed by atoms with Gasteiger partial charge in [0.25, 0.3) is 0 Å². The molecule has 1 aromatic heterocycles. The normalized spacial score (nSPS) is 22.5. The monoisotopic (exact) mass is 454 g/mol. The smallest absolute Gasteiger partial charge is 0.167 e. The van der Waals surface area contributed by atoms with Gasteiger partial charge >= 0.3 is 0 Å². The Labute approximate surface area is 182 Å². The summed E-state index contributed by atoms with van der Waals surface area (Å²) >= 11 is 0. The molecule has 160 valence electrons. The van der Waals surface area contributed by atoms with Crippen molar-refractivity contribution >= 4 is 62.2 Å². The van der Waals surface area contributed by atoms with Gasteiger partial charge < -0.3 is 33.7 Å². The number of nitrogens with two attached hydrogens (primary N) is 5. The highest BCUT2D eigenvalue weighted by Gasteiger charge is 2.47. The Hall–Kier alpha value is -3.08. The van der Waals surface area contributed by atoms with E-state index >= 15 is 0 Å². The predicted molar refractivity (Wildman–Crippen MR) is 131 cm³/mol. The van der Waals surface area contributed by atoms with Gasteiger partial charge in [0.15, 0.2) is 5.52 Å². The number of H-pyrrole nitrogens is 1. The van der Waals surface area contributed by atoms with Crippen LogP contribution in [0.5, 0.6) is 0 Å². The zero-order valence-electron chi connectivity index (χ0n) is 16.6. The van der Waals surface area contributed by atoms with Crippen LogP contribution in [0, 0.1) is 0 Å². The summed E-state index contributed by atoms with van der Waals surface area (Å²) in [4.78, 5) is 29.7. The number of anilines is 5. The molecule has 10 heteroatoms. The molecule has 0 bridgehead atoms. The Morgan fingerprint density at radius 2 is 1.65 bits per heavy atom. The lowest BCUT2D eigenvalue weighted by atomic mass is 9.86. The van der Waals surface area contributed by atoms with E-state index in [1.807, 2.05) is 24.4 Å². The van der Waals surface area contributed by atoms with Gasteiger partial charge in [-0.15, -0.1) is 0 Å². The molecule has 3 aromatic rings. The first-order valence-corrected chi connectivity index (χ1v) is 11.6. The number of rotatable bonds is 4. The van der Waals surface area contributed by atoms with Gasteiger partial charge in [-0.05, 0) is 44.0 Å². The summed E-state index contributed by atoms with van der Waals surface area (Å²) < 4.78 is 0. The van der Waals surface area contributed by atoms with E-state index in [0.29, 0.717) is 11.0 Å². The zero-order valence-corrected chi connectivity index (χ0v) is 18.6. The van der Waals surface area contributed by atoms with E-state index in [9.17, 15) is 9.59 Å². The molecule has 1 aliphatic heterocycles. The van der Waals surface area contributed by atoms with E-state index in [-0.39, 0.29) is 57.6 Å². The van der Waals surface area contributed by atoms with Crippen LogP contribution in [0.3, 0.4) is 0 Å². The van der Waals surface area contributed by atoms with Gasteiger partial charge in [0.1, 0.15) is 11.4 Å². The van der Waals surface area contributed by atoms with Crippen LogP contribution in [-0.2, 0) is 14.7 Å². The van der Waals surface area contributed by atoms with Crippen molar-refractivity contribution in [1.82, 2.24) is 4.98 Å². The maximum absolute atomic E-state index is 13.3. The lowest BCUT2D eigenvalue weighted by Crippen LogP contribution is -2.40. The third kappa shape index (κ3) is 3.62. The number of aromatic nitrogens is 1. The second-order valence-electron chi connectivity index (χ2n) is 7.59. The van der Waals surface area contributed by atoms with Gasteiger partial charge in [0, 0.05) is 29.8 Å². The van der Waals surface area contributed by atoms with Crippen LogP contribution in [-0.4, -0.2) is 22.0 Å². The molecule has 0 spiro atoms. The molecule has 0 aliphatic carbocycles. The minimum atomic E-state index is -0.774. The van der Waals surface area contributed by atoms with Crippen molar-refractivity contribution in [3.8, 4) is 0 Å². The fourth-order valence-electron chi connectivity index (χ4n) is 3.89. The third-order valence-electron chi connectivity index (χ3n) is 5.64. The first kappa shape index (κ1) is 21.2. The fourth-order valence-corrected chi connectivity index (χ4v) is 7.15. The first-order valence-electron chi connectivity index (χ1n) is 9.56. The van der Waals surface area contributed by atoms with Crippen molar-refractivity contribution in [2.75, 3.05) is 28.7 Å². The second kappa shape index (κ2) is 7.88. The predicted octanol–water partition coefficient (Wildman–Crippen LogP) is 1.72. The van der Waals surface area contributed by atoms with Crippen LogP contribution in [0.15, 0.2) is 48.8 Å². The number of nitrogens with one attached hydrogen (secondary N) is 1. The Kier molecular flexibility index (Phi) is 5.38. The largest absolute Gasteiger partial charge is 0.399 e. The Balaban J connectivity index is 1.70. The molecule has 0 radical (unpaired) electrons. The number of hydrogen-bond acceptors (Lipinski definition) is 7. The van der Waals surface area contributed by atoms with E-state index in [1.54, 1.807) is 24.4 Å². The summed E-state index contributed by atoms with van der Waals surface area (Å²) in [5, 5.41) is -0.129. The lowest BCUT2D eigenvalue weighted by molar-refractivity contribution is -0.124. The number of hydrogen-bond donors (Lipinski definition) is 6. The van der Waals surface area contributed by atoms with Crippen LogP contribution in [0.1, 0.15) is 17.5 Å². The summed E-state index contributed by atoms with van der Waals surface area (Å²) in [6.45, 7) is 0. The minimum Gasteiger partial charge on any atom is -0.399 e. The van der Waals surface area contributed by atoms with Crippen molar-refractivity contribution < 1.29 is 9.59 Å². The minimum absolute atomic E-state index is 0.110. The molecule has 1 aliphatic rings. The average Bonchev–Trinajstić information content (AvgIpc) is 3.28. The van der Waals surface area contributed by atoms with Crippen LogP contribution in [0.25, 0.3) is 0 Å². The second-order valence-corrected chi connectivity index (χ2v) is 10.6. The van der Waals surface area contributed by atoms with E-state index in [0.717, 1.165) is 11.1 Å². The quantitative estimate of drug-likeness (QED) is 0.197. The number of aromatic amines is 1. The van der Waals surface area contributed by atoms with Gasteiger partial charge in [-0.3, -0.25) is 9.59 Å². The lowest BCUT2D eigenvalue weighted by Gasteiger charge is -2.38. The highest BCUT2D eigenvalue weighted by atomic mass is 31.1. The number of carbonyl (C=O) groups excluding carboxylic acids is 2. The fraction of sp³-hybridized carbons (Fsp3) is 0.143. The molecular weight excluding hydrogens is 430 g/mol. The molecule has 1 saturated heterocycles. The molecule has 0 amide bonds. The third-order valence-corrected chi connectivity index (χ3v) is 9.24. The molecule has 2 heterocycles. The van der Waals surface area contributed by atoms with E-state index in [4.69, 9.17) is 28.7 Å². The molecule has 4 unspecified atom stereocenters. The summed E-state index contributed by atoms with van der Waals surface area (Å²) in [5.74, 6) is -0.131. The van der Waals surface area contributed by atoms with Gasteiger partial charge in [0.05, 0.1) is 27.9 Å². The molecule has 8 nitrogen and oxygen atoms in total. The summed E-state index contributed by atoms with van der Waals surface area (Å²) in [7, 11) is -0.290. The van der Waals surface area contributed by atoms with E-state index < -0.39 is 10.8 Å². The highest BCUT2D eigenvalue weighted by molar-refractivity contribution is 7.64. The number of nitrogen functional groups attached to an aromatic ring is 5. The van der Waals surface area contributed by atoms with Gasteiger partial charge in [-0.2, -0.15) is 0 Å². The molecular formula is C21H24N6O2P2. The Bertz CT molecular complexity index is 1140. The topological polar surface area (TPSA) is 180 Å². The van der Waals surface area contributed by atoms with Crippen molar-refractivity contribution in [2.24, 2.45) is 0 Å². The molecule has 31 heavy (non-hydrogen) atoms. The average molecular weight is 454 g/mol. The van der Waals surface area contributed by atoms with Crippen LogP contribution in [0.4, 0.5) is 28.4 Å². The van der Waals surface area contributed by atoms with Gasteiger partial charge in [0.2, 0.25) is 0 Å². The number of ketones is 1. The molecule has 4 rings (SSSR count). The molecule has 2 aromatic carbocycles. The summed E-state index contributed by atoms with van der Waals surface area (Å²) in [6.07, 6.45) is 3.84. The Morgan fingerprint density at radius 3 is 2.26 bits per heavy atom. The van der Waals surface area contributed by atoms with Gasteiger partial charge in [-0.1, -0.05) is 20.7 Å². The van der Waals surface area contributed by atoms with Crippen LogP contribution < -0.4 is 34.0 Å². The van der Waals surface area contributed by atoms with Crippen molar-refractivity contribution in [1.29, 1.82) is 0 Å². The van der Waals surface area contributed by atoms with Crippen LogP contribution in [0.2, 0.25) is 0 Å². The van der Waals surface area contributed by atoms with Gasteiger partial charge in [-0.25, -0.2) is 0 Å². The molecule has 4 atom stereocenters. The van der Waals surface area contributed by atoms with Crippen LogP contribution >= 0.6 is 17.2 Å². The number of Topliss-reactive ketones (excluding diaryl/α,β-unsaturated/α-hetero) is 1. The van der Waals surface area contributed by atoms with Crippen molar-refractivity contribution in [2.45, 2.75) is 17.2 Å². The SMILES string of the molecule is Nc1ccc(C2(c3cc[nH]c3)CC(=O)C(Pc3cc(N)c(N)c(N)c3N)C(=O)P2)cc1. The summed E-state index contributed by atoms with van der Waals surface area (Å²) in [6, 6.07) is 10.9. The molecule has 1 fully saturated rings. The van der Waals surface area contributed by atoms with Crippen molar-refractivity contribution in [3.63, 3.8) is 0 Å². The molecule has 11 N–H and O–H groups in total. The summed E-state index contributed by atoms with van der Waals surface area (Å²) in [5.41, 5.74) is 32.2. The van der Waals surface area contributed by atoms with E-state index in [1.165, 1.54) is 0 Å². The number of benzene rings is 2. The first-order chi connectivity index (χ1) is 14.7. The maximum atomic E-state index is 13.3. The maximum Gasteiger partial charge on any atom is 0.167 e. The Morgan fingerprint density at radius 1 is 0.935 bits per heavy atom. The highest BCUT2D eigenvalue weighted by Crippen LogP contribution is 2.56. The molecule has 0 saturated carbocycles. The van der Waals surface area contributed by atoms with Crippen molar-refractivity contribution in [3.05, 3.63) is 59.9 Å². The van der Waals surface area contributed by atoms with E-state index in [2.05, 4.69) is 4.98 Å².